The molecule has 0 saturated carbocycles. The molecule has 2 N–H and O–H groups in total. The van der Waals surface area contributed by atoms with E-state index in [1.807, 2.05) is 14.1 Å². The standard InChI is InChI=1S/C11H25N3O/c1-10(2)12-7-5-6-11(15)13-8-9-14(3)4/h10,12H,5-9H2,1-4H3,(H,13,15). The summed E-state index contributed by atoms with van der Waals surface area (Å²) in [6, 6.07) is 0.502. The lowest BCUT2D eigenvalue weighted by Crippen LogP contribution is -2.32. The normalized spacial score (nSPS) is 11.1. The zero-order chi connectivity index (χ0) is 11.7. The molecule has 0 aromatic rings. The third-order valence-electron chi connectivity index (χ3n) is 2.01. The molecule has 0 rings (SSSR count). The van der Waals surface area contributed by atoms with Crippen LogP contribution >= 0.6 is 0 Å². The SMILES string of the molecule is CC(C)NCCCC(=O)NCCN(C)C. The van der Waals surface area contributed by atoms with Gasteiger partial charge in [0.2, 0.25) is 5.91 Å². The molecule has 0 saturated heterocycles. The quantitative estimate of drug-likeness (QED) is 0.578. The lowest BCUT2D eigenvalue weighted by molar-refractivity contribution is -0.121. The maximum Gasteiger partial charge on any atom is 0.220 e. The van der Waals surface area contributed by atoms with Crippen LogP contribution in [0.1, 0.15) is 26.7 Å². The highest BCUT2D eigenvalue weighted by molar-refractivity contribution is 5.75. The number of nitrogens with one attached hydrogen (secondary N) is 2. The first-order chi connectivity index (χ1) is 7.02. The van der Waals surface area contributed by atoms with Gasteiger partial charge in [0.25, 0.3) is 0 Å². The van der Waals surface area contributed by atoms with Crippen molar-refractivity contribution >= 4 is 5.91 Å². The Morgan fingerprint density at radius 3 is 2.47 bits per heavy atom. The van der Waals surface area contributed by atoms with E-state index >= 15 is 0 Å². The van der Waals surface area contributed by atoms with E-state index in [1.54, 1.807) is 0 Å². The molecule has 1 amide bonds. The molecule has 4 heteroatoms. The number of carbonyl (C=O) groups excluding carboxylic acids is 1. The molecule has 0 aromatic heterocycles. The van der Waals surface area contributed by atoms with Crippen LogP contribution in [0.4, 0.5) is 0 Å². The molecule has 90 valence electrons. The fraction of sp³-hybridized carbons (Fsp3) is 0.909. The highest BCUT2D eigenvalue weighted by Crippen LogP contribution is 1.88. The van der Waals surface area contributed by atoms with Crippen molar-refractivity contribution in [2.45, 2.75) is 32.7 Å². The number of nitrogens with zero attached hydrogens (tertiary/aromatic N) is 1. The molecule has 0 aromatic carbocycles. The minimum absolute atomic E-state index is 0.155. The molecular formula is C11H25N3O. The number of carbonyl (C=O) groups is 1. The highest BCUT2D eigenvalue weighted by Gasteiger charge is 2.00. The molecule has 0 radical (unpaired) electrons. The van der Waals surface area contributed by atoms with Crippen molar-refractivity contribution in [1.29, 1.82) is 0 Å². The van der Waals surface area contributed by atoms with Crippen LogP contribution in [0.25, 0.3) is 0 Å². The number of amides is 1. The molecule has 0 aliphatic carbocycles. The third-order valence-corrected chi connectivity index (χ3v) is 2.01. The summed E-state index contributed by atoms with van der Waals surface area (Å²) in [5.41, 5.74) is 0. The summed E-state index contributed by atoms with van der Waals surface area (Å²) in [5.74, 6) is 0.155. The molecule has 0 spiro atoms. The summed E-state index contributed by atoms with van der Waals surface area (Å²) >= 11 is 0. The van der Waals surface area contributed by atoms with Gasteiger partial charge in [0.05, 0.1) is 0 Å². The van der Waals surface area contributed by atoms with Gasteiger partial charge in [-0.3, -0.25) is 4.79 Å². The molecule has 0 heterocycles. The Hall–Kier alpha value is -0.610. The van der Waals surface area contributed by atoms with Gasteiger partial charge in [-0.1, -0.05) is 13.8 Å². The van der Waals surface area contributed by atoms with E-state index in [4.69, 9.17) is 0 Å². The largest absolute Gasteiger partial charge is 0.355 e. The van der Waals surface area contributed by atoms with E-state index in [0.29, 0.717) is 12.5 Å². The number of hydrogen-bond acceptors (Lipinski definition) is 3. The van der Waals surface area contributed by atoms with Crippen molar-refractivity contribution in [3.8, 4) is 0 Å². The van der Waals surface area contributed by atoms with Crippen LogP contribution in [0.3, 0.4) is 0 Å². The Kier molecular flexibility index (Phi) is 8.33. The zero-order valence-corrected chi connectivity index (χ0v) is 10.5. The molecular weight excluding hydrogens is 190 g/mol. The van der Waals surface area contributed by atoms with Crippen molar-refractivity contribution in [1.82, 2.24) is 15.5 Å². The van der Waals surface area contributed by atoms with E-state index in [1.165, 1.54) is 0 Å². The van der Waals surface area contributed by atoms with Crippen molar-refractivity contribution in [3.63, 3.8) is 0 Å². The van der Waals surface area contributed by atoms with Gasteiger partial charge >= 0.3 is 0 Å². The van der Waals surface area contributed by atoms with Crippen molar-refractivity contribution in [2.75, 3.05) is 33.7 Å². The van der Waals surface area contributed by atoms with Crippen LogP contribution < -0.4 is 10.6 Å². The topological polar surface area (TPSA) is 44.4 Å². The molecule has 0 aliphatic heterocycles. The molecule has 15 heavy (non-hydrogen) atoms. The Bertz CT molecular complexity index is 169. The molecule has 0 unspecified atom stereocenters. The molecule has 0 bridgehead atoms. The van der Waals surface area contributed by atoms with Crippen LogP contribution in [0.15, 0.2) is 0 Å². The fourth-order valence-electron chi connectivity index (χ4n) is 1.15. The average Bonchev–Trinajstić information content (AvgIpc) is 2.11. The predicted molar refractivity (Wildman–Crippen MR) is 63.9 cm³/mol. The summed E-state index contributed by atoms with van der Waals surface area (Å²) in [6.45, 7) is 6.77. The van der Waals surface area contributed by atoms with Crippen LogP contribution in [-0.2, 0) is 4.79 Å². The van der Waals surface area contributed by atoms with Gasteiger partial charge in [-0.2, -0.15) is 0 Å². The van der Waals surface area contributed by atoms with E-state index < -0.39 is 0 Å². The second-order valence-corrected chi connectivity index (χ2v) is 4.37. The summed E-state index contributed by atoms with van der Waals surface area (Å²) in [5, 5.41) is 6.18. The van der Waals surface area contributed by atoms with Gasteiger partial charge in [-0.05, 0) is 27.1 Å². The lowest BCUT2D eigenvalue weighted by atomic mass is 10.2. The minimum atomic E-state index is 0.155. The van der Waals surface area contributed by atoms with Gasteiger partial charge in [0.1, 0.15) is 0 Å². The maximum atomic E-state index is 11.3. The van der Waals surface area contributed by atoms with Crippen molar-refractivity contribution in [2.24, 2.45) is 0 Å². The van der Waals surface area contributed by atoms with Gasteiger partial charge in [-0.15, -0.1) is 0 Å². The lowest BCUT2D eigenvalue weighted by Gasteiger charge is -2.11. The highest BCUT2D eigenvalue weighted by atomic mass is 16.1. The van der Waals surface area contributed by atoms with Gasteiger partial charge < -0.3 is 15.5 Å². The first kappa shape index (κ1) is 14.4. The van der Waals surface area contributed by atoms with Crippen LogP contribution in [0.2, 0.25) is 0 Å². The number of hydrogen-bond donors (Lipinski definition) is 2. The Balaban J connectivity index is 3.26. The van der Waals surface area contributed by atoms with E-state index in [0.717, 1.165) is 26.1 Å². The number of likely N-dealkylation sites (N-methyl/N-ethyl adjacent to an activating group) is 1. The summed E-state index contributed by atoms with van der Waals surface area (Å²) in [7, 11) is 4.00. The Morgan fingerprint density at radius 2 is 1.93 bits per heavy atom. The second kappa shape index (κ2) is 8.68. The van der Waals surface area contributed by atoms with Crippen LogP contribution in [-0.4, -0.2) is 50.6 Å². The van der Waals surface area contributed by atoms with E-state index in [2.05, 4.69) is 29.4 Å². The first-order valence-electron chi connectivity index (χ1n) is 5.67. The monoisotopic (exact) mass is 215 g/mol. The number of rotatable bonds is 8. The summed E-state index contributed by atoms with van der Waals surface area (Å²) < 4.78 is 0. The molecule has 0 atom stereocenters. The third kappa shape index (κ3) is 11.3. The van der Waals surface area contributed by atoms with Gasteiger partial charge in [-0.25, -0.2) is 0 Å². The van der Waals surface area contributed by atoms with Crippen molar-refractivity contribution < 1.29 is 4.79 Å². The summed E-state index contributed by atoms with van der Waals surface area (Å²) in [4.78, 5) is 13.4. The smallest absolute Gasteiger partial charge is 0.220 e. The van der Waals surface area contributed by atoms with E-state index in [-0.39, 0.29) is 5.91 Å². The predicted octanol–water partition coefficient (Wildman–Crippen LogP) is 0.442. The van der Waals surface area contributed by atoms with Gasteiger partial charge in [0, 0.05) is 25.6 Å². The Morgan fingerprint density at radius 1 is 1.27 bits per heavy atom. The van der Waals surface area contributed by atoms with Crippen LogP contribution in [0.5, 0.6) is 0 Å². The minimum Gasteiger partial charge on any atom is -0.355 e. The average molecular weight is 215 g/mol. The van der Waals surface area contributed by atoms with Crippen LogP contribution in [0, 0.1) is 0 Å². The van der Waals surface area contributed by atoms with Gasteiger partial charge in [0.15, 0.2) is 0 Å². The fourth-order valence-corrected chi connectivity index (χ4v) is 1.15. The van der Waals surface area contributed by atoms with E-state index in [9.17, 15) is 4.79 Å². The second-order valence-electron chi connectivity index (χ2n) is 4.37. The molecule has 0 aliphatic rings. The summed E-state index contributed by atoms with van der Waals surface area (Å²) in [6.07, 6.45) is 1.53. The van der Waals surface area contributed by atoms with Crippen molar-refractivity contribution in [3.05, 3.63) is 0 Å². The molecule has 0 fully saturated rings. The first-order valence-corrected chi connectivity index (χ1v) is 5.67. The zero-order valence-electron chi connectivity index (χ0n) is 10.5. The Labute approximate surface area is 93.4 Å². The molecule has 4 nitrogen and oxygen atoms in total. The maximum absolute atomic E-state index is 11.3.